The van der Waals surface area contributed by atoms with E-state index < -0.39 is 28.5 Å². The summed E-state index contributed by atoms with van der Waals surface area (Å²) >= 11 is 12.2. The molecule has 2 aromatic rings. The van der Waals surface area contributed by atoms with Crippen LogP contribution < -0.4 is 5.32 Å². The number of hydrogen-bond acceptors (Lipinski definition) is 4. The first-order valence-corrected chi connectivity index (χ1v) is 13.6. The monoisotopic (exact) mass is 541 g/mol. The van der Waals surface area contributed by atoms with Crippen molar-refractivity contribution >= 4 is 45.0 Å². The van der Waals surface area contributed by atoms with Gasteiger partial charge in [0.15, 0.2) is 0 Å². The lowest BCUT2D eigenvalue weighted by atomic mass is 10.1. The Balaban J connectivity index is 2.34. The number of rotatable bonds is 11. The van der Waals surface area contributed by atoms with E-state index in [0.29, 0.717) is 28.6 Å². The highest BCUT2D eigenvalue weighted by Crippen LogP contribution is 2.24. The van der Waals surface area contributed by atoms with Crippen LogP contribution in [0, 0.1) is 12.8 Å². The second kappa shape index (κ2) is 12.7. The van der Waals surface area contributed by atoms with Crippen molar-refractivity contribution in [1.82, 2.24) is 14.5 Å². The third-order valence-corrected chi connectivity index (χ3v) is 8.05. The second-order valence-corrected chi connectivity index (χ2v) is 11.8. The smallest absolute Gasteiger partial charge is 0.243 e. The molecule has 0 aliphatic carbocycles. The molecule has 0 saturated carbocycles. The maximum Gasteiger partial charge on any atom is 0.243 e. The summed E-state index contributed by atoms with van der Waals surface area (Å²) in [5.41, 5.74) is 1.60. The van der Waals surface area contributed by atoms with Crippen molar-refractivity contribution in [3.8, 4) is 0 Å². The van der Waals surface area contributed by atoms with Crippen molar-refractivity contribution in [1.29, 1.82) is 0 Å². The SMILES string of the molecule is CC[C@H](C(=O)NCC(C)C)N(Cc1ccc(Cl)c(Cl)c1)C(=O)CN(C)S(=O)(=O)c1ccc(C)cc1. The molecule has 2 rings (SSSR count). The molecule has 1 atom stereocenters. The summed E-state index contributed by atoms with van der Waals surface area (Å²) in [4.78, 5) is 27.9. The first kappa shape index (κ1) is 29.1. The van der Waals surface area contributed by atoms with Gasteiger partial charge in [0.25, 0.3) is 0 Å². The van der Waals surface area contributed by atoms with E-state index in [2.05, 4.69) is 5.32 Å². The molecule has 0 bridgehead atoms. The second-order valence-electron chi connectivity index (χ2n) is 8.91. The van der Waals surface area contributed by atoms with Crippen molar-refractivity contribution in [2.45, 2.75) is 51.6 Å². The van der Waals surface area contributed by atoms with Gasteiger partial charge in [0.05, 0.1) is 21.5 Å². The number of likely N-dealkylation sites (N-methyl/N-ethyl adjacent to an activating group) is 1. The molecule has 0 aliphatic rings. The van der Waals surface area contributed by atoms with E-state index in [1.165, 1.54) is 24.1 Å². The predicted octanol–water partition coefficient (Wildman–Crippen LogP) is 4.50. The van der Waals surface area contributed by atoms with E-state index in [9.17, 15) is 18.0 Å². The number of carbonyl (C=O) groups is 2. The van der Waals surface area contributed by atoms with Gasteiger partial charge in [-0.1, -0.05) is 67.7 Å². The third kappa shape index (κ3) is 7.93. The molecule has 0 radical (unpaired) electrons. The van der Waals surface area contributed by atoms with Gasteiger partial charge in [-0.05, 0) is 49.1 Å². The highest BCUT2D eigenvalue weighted by Gasteiger charge is 2.32. The van der Waals surface area contributed by atoms with Crippen molar-refractivity contribution in [3.05, 3.63) is 63.6 Å². The Kier molecular flexibility index (Phi) is 10.6. The first-order chi connectivity index (χ1) is 16.4. The van der Waals surface area contributed by atoms with Crippen LogP contribution in [-0.2, 0) is 26.2 Å². The van der Waals surface area contributed by atoms with Crippen molar-refractivity contribution in [2.24, 2.45) is 5.92 Å². The molecule has 2 aromatic carbocycles. The minimum absolute atomic E-state index is 0.0712. The average Bonchev–Trinajstić information content (AvgIpc) is 2.79. The summed E-state index contributed by atoms with van der Waals surface area (Å²) in [6.07, 6.45) is 0.353. The zero-order chi connectivity index (χ0) is 26.3. The quantitative estimate of drug-likeness (QED) is 0.453. The summed E-state index contributed by atoms with van der Waals surface area (Å²) in [6.45, 7) is 7.73. The number of hydrogen-bond donors (Lipinski definition) is 1. The largest absolute Gasteiger partial charge is 0.354 e. The standard InChI is InChI=1S/C25H33Cl2N3O4S/c1-6-23(25(32)28-14-17(2)3)30(15-19-9-12-21(26)22(27)13-19)24(31)16-29(5)35(33,34)20-10-7-18(4)8-11-20/h7-13,17,23H,6,14-16H2,1-5H3,(H,28,32)/t23-/m1/s1. The summed E-state index contributed by atoms with van der Waals surface area (Å²) in [6, 6.07) is 10.6. The molecule has 7 nitrogen and oxygen atoms in total. The van der Waals surface area contributed by atoms with Crippen LogP contribution in [0.1, 0.15) is 38.3 Å². The van der Waals surface area contributed by atoms with Gasteiger partial charge in [0.1, 0.15) is 6.04 Å². The number of benzene rings is 2. The lowest BCUT2D eigenvalue weighted by Gasteiger charge is -2.32. The predicted molar refractivity (Wildman–Crippen MR) is 140 cm³/mol. The van der Waals surface area contributed by atoms with Crippen LogP contribution in [0.3, 0.4) is 0 Å². The Morgan fingerprint density at radius 2 is 1.66 bits per heavy atom. The molecule has 0 heterocycles. The fourth-order valence-electron chi connectivity index (χ4n) is 3.43. The Bertz CT molecular complexity index is 1140. The van der Waals surface area contributed by atoms with Crippen LogP contribution >= 0.6 is 23.2 Å². The van der Waals surface area contributed by atoms with Crippen LogP contribution in [0.15, 0.2) is 47.4 Å². The lowest BCUT2D eigenvalue weighted by Crippen LogP contribution is -2.52. The highest BCUT2D eigenvalue weighted by molar-refractivity contribution is 7.89. The molecule has 0 unspecified atom stereocenters. The molecule has 10 heteroatoms. The molecular formula is C25H33Cl2N3O4S. The number of aryl methyl sites for hydroxylation is 1. The highest BCUT2D eigenvalue weighted by atomic mass is 35.5. The lowest BCUT2D eigenvalue weighted by molar-refractivity contribution is -0.141. The molecule has 1 N–H and O–H groups in total. The van der Waals surface area contributed by atoms with E-state index in [1.807, 2.05) is 27.7 Å². The minimum atomic E-state index is -3.90. The number of carbonyl (C=O) groups excluding carboxylic acids is 2. The molecule has 192 valence electrons. The average molecular weight is 543 g/mol. The molecule has 0 aliphatic heterocycles. The third-order valence-electron chi connectivity index (χ3n) is 5.49. The Morgan fingerprint density at radius 1 is 1.03 bits per heavy atom. The zero-order valence-corrected chi connectivity index (χ0v) is 23.0. The Hall–Kier alpha value is -2.13. The van der Waals surface area contributed by atoms with Gasteiger partial charge in [-0.15, -0.1) is 0 Å². The number of sulfonamides is 1. The molecular weight excluding hydrogens is 509 g/mol. The van der Waals surface area contributed by atoms with Gasteiger partial charge in [-0.3, -0.25) is 9.59 Å². The molecule has 35 heavy (non-hydrogen) atoms. The molecule has 0 aromatic heterocycles. The first-order valence-electron chi connectivity index (χ1n) is 11.4. The molecule has 0 fully saturated rings. The fourth-order valence-corrected chi connectivity index (χ4v) is 4.87. The fraction of sp³-hybridized carbons (Fsp3) is 0.440. The molecule has 0 spiro atoms. The summed E-state index contributed by atoms with van der Waals surface area (Å²) in [5.74, 6) is -0.555. The number of halogens is 2. The van der Waals surface area contributed by atoms with Gasteiger partial charge in [0, 0.05) is 20.1 Å². The molecule has 0 saturated heterocycles. The van der Waals surface area contributed by atoms with Crippen LogP contribution in [0.5, 0.6) is 0 Å². The minimum Gasteiger partial charge on any atom is -0.354 e. The van der Waals surface area contributed by atoms with E-state index in [0.717, 1.165) is 9.87 Å². The Morgan fingerprint density at radius 3 is 2.20 bits per heavy atom. The number of amides is 2. The topological polar surface area (TPSA) is 86.8 Å². The van der Waals surface area contributed by atoms with Gasteiger partial charge in [0.2, 0.25) is 21.8 Å². The normalized spacial score (nSPS) is 12.6. The van der Waals surface area contributed by atoms with Crippen molar-refractivity contribution in [3.63, 3.8) is 0 Å². The van der Waals surface area contributed by atoms with Gasteiger partial charge < -0.3 is 10.2 Å². The van der Waals surface area contributed by atoms with Crippen LogP contribution in [0.4, 0.5) is 0 Å². The van der Waals surface area contributed by atoms with Crippen molar-refractivity contribution in [2.75, 3.05) is 20.1 Å². The van der Waals surface area contributed by atoms with Gasteiger partial charge >= 0.3 is 0 Å². The summed E-state index contributed by atoms with van der Waals surface area (Å²) < 4.78 is 27.1. The van der Waals surface area contributed by atoms with Crippen LogP contribution in [-0.4, -0.2) is 55.6 Å². The maximum atomic E-state index is 13.5. The van der Waals surface area contributed by atoms with E-state index in [4.69, 9.17) is 23.2 Å². The Labute approximate surface area is 218 Å². The number of nitrogens with one attached hydrogen (secondary N) is 1. The van der Waals surface area contributed by atoms with Crippen LogP contribution in [0.2, 0.25) is 10.0 Å². The van der Waals surface area contributed by atoms with Crippen LogP contribution in [0.25, 0.3) is 0 Å². The summed E-state index contributed by atoms with van der Waals surface area (Å²) in [5, 5.41) is 3.58. The van der Waals surface area contributed by atoms with E-state index in [1.54, 1.807) is 30.3 Å². The van der Waals surface area contributed by atoms with E-state index in [-0.39, 0.29) is 23.3 Å². The summed E-state index contributed by atoms with van der Waals surface area (Å²) in [7, 11) is -2.55. The van der Waals surface area contributed by atoms with Crippen molar-refractivity contribution < 1.29 is 18.0 Å². The maximum absolute atomic E-state index is 13.5. The van der Waals surface area contributed by atoms with Gasteiger partial charge in [-0.25, -0.2) is 8.42 Å². The molecule has 2 amide bonds. The van der Waals surface area contributed by atoms with Gasteiger partial charge in [-0.2, -0.15) is 4.31 Å². The zero-order valence-electron chi connectivity index (χ0n) is 20.7. The van der Waals surface area contributed by atoms with E-state index >= 15 is 0 Å². The number of nitrogens with zero attached hydrogens (tertiary/aromatic N) is 2.